The molecule has 0 aliphatic heterocycles. The summed E-state index contributed by atoms with van der Waals surface area (Å²) in [5.41, 5.74) is 7.30. The Hall–Kier alpha value is -3.81. The lowest BCUT2D eigenvalue weighted by atomic mass is 10.2. The van der Waals surface area contributed by atoms with Crippen LogP contribution in [-0.2, 0) is 12.8 Å². The van der Waals surface area contributed by atoms with Crippen molar-refractivity contribution in [2.45, 2.75) is 12.8 Å². The Morgan fingerprint density at radius 1 is 0.659 bits per heavy atom. The van der Waals surface area contributed by atoms with Crippen molar-refractivity contribution < 1.29 is 0 Å². The van der Waals surface area contributed by atoms with Gasteiger partial charge in [-0.15, -0.1) is 0 Å². The molecule has 0 saturated heterocycles. The molecule has 0 bridgehead atoms. The van der Waals surface area contributed by atoms with E-state index < -0.39 is 0 Å². The summed E-state index contributed by atoms with van der Waals surface area (Å²) in [4.78, 5) is 25.6. The molecule has 15 heteroatoms. The zero-order valence-corrected chi connectivity index (χ0v) is 28.9. The van der Waals surface area contributed by atoms with Crippen LogP contribution >= 0.6 is 70.5 Å². The number of halogens is 3. The maximum atomic E-state index is 8.94. The summed E-state index contributed by atoms with van der Waals surface area (Å²) in [5.74, 6) is 0. The Morgan fingerprint density at radius 3 is 1.70 bits per heavy atom. The zero-order chi connectivity index (χ0) is 30.5. The van der Waals surface area contributed by atoms with E-state index in [0.29, 0.717) is 12.1 Å². The summed E-state index contributed by atoms with van der Waals surface area (Å²) in [6.45, 7) is 0. The van der Waals surface area contributed by atoms with Crippen LogP contribution in [0, 0.1) is 11.3 Å². The molecular weight excluding hydrogens is 792 g/mol. The molecule has 0 amide bonds. The smallest absolute Gasteiger partial charge is 0.170 e. The average molecular weight is 811 g/mol. The lowest BCUT2D eigenvalue weighted by molar-refractivity contribution is 1.00. The molecule has 44 heavy (non-hydrogen) atoms. The van der Waals surface area contributed by atoms with Gasteiger partial charge >= 0.3 is 0 Å². The molecule has 0 aliphatic rings. The predicted octanol–water partition coefficient (Wildman–Crippen LogP) is 7.65. The predicted molar refractivity (Wildman–Crippen MR) is 181 cm³/mol. The van der Waals surface area contributed by atoms with Crippen LogP contribution in [0.25, 0.3) is 16.9 Å². The fraction of sp³-hybridized carbons (Fsp3) is 0.0690. The molecule has 8 aromatic rings. The van der Waals surface area contributed by atoms with Crippen molar-refractivity contribution in [1.82, 2.24) is 43.1 Å². The molecule has 8 aromatic heterocycles. The van der Waals surface area contributed by atoms with Crippen LogP contribution in [0.1, 0.15) is 28.2 Å². The second kappa shape index (κ2) is 13.9. The second-order valence-corrected chi connectivity index (χ2v) is 13.1. The van der Waals surface area contributed by atoms with Crippen LogP contribution < -0.4 is 0 Å². The molecule has 8 heterocycles. The third kappa shape index (κ3) is 7.11. The number of thiophene rings is 2. The van der Waals surface area contributed by atoms with Crippen molar-refractivity contribution in [2.75, 3.05) is 0 Å². The topological polar surface area (TPSA) is 114 Å². The number of rotatable bonds is 4. The summed E-state index contributed by atoms with van der Waals surface area (Å²) in [6, 6.07) is 6.25. The van der Waals surface area contributed by atoms with Gasteiger partial charge < -0.3 is 13.2 Å². The summed E-state index contributed by atoms with van der Waals surface area (Å²) in [6.07, 6.45) is 17.9. The fourth-order valence-corrected chi connectivity index (χ4v) is 7.19. The van der Waals surface area contributed by atoms with Crippen molar-refractivity contribution >= 4 is 87.4 Å². The van der Waals surface area contributed by atoms with Crippen molar-refractivity contribution in [1.29, 1.82) is 5.26 Å². The van der Waals surface area contributed by atoms with Gasteiger partial charge in [-0.1, -0.05) is 0 Å². The molecule has 0 aliphatic carbocycles. The molecule has 0 saturated carbocycles. The molecule has 0 atom stereocenters. The molecule has 0 fully saturated rings. The van der Waals surface area contributed by atoms with Gasteiger partial charge in [0.25, 0.3) is 0 Å². The Balaban J connectivity index is 0.000000120. The third-order valence-electron chi connectivity index (χ3n) is 6.18. The summed E-state index contributed by atoms with van der Waals surface area (Å²) in [7, 11) is 0. The first kappa shape index (κ1) is 30.2. The molecule has 10 nitrogen and oxygen atoms in total. The number of nitrogens with zero attached hydrogens (tertiary/aromatic N) is 10. The van der Waals surface area contributed by atoms with Gasteiger partial charge in [-0.3, -0.25) is 0 Å². The SMILES string of the molecule is Brc1cn2ccnc2c(Br)n1.Brc1cn2ccnc2c(Cc2ccsc2)n1.N#Cc1cn2ccnc2c(Cc2ccsc2)n1. The van der Waals surface area contributed by atoms with E-state index in [1.54, 1.807) is 47.5 Å². The van der Waals surface area contributed by atoms with E-state index in [4.69, 9.17) is 5.26 Å². The number of hydrogen-bond donors (Lipinski definition) is 0. The summed E-state index contributed by atoms with van der Waals surface area (Å²) >= 11 is 13.4. The first-order valence-electron chi connectivity index (χ1n) is 12.8. The molecule has 0 aromatic carbocycles. The minimum atomic E-state index is 0.417. The van der Waals surface area contributed by atoms with Crippen LogP contribution in [0.4, 0.5) is 0 Å². The highest BCUT2D eigenvalue weighted by Crippen LogP contribution is 2.19. The van der Waals surface area contributed by atoms with Crippen LogP contribution in [0.2, 0.25) is 0 Å². The van der Waals surface area contributed by atoms with Gasteiger partial charge in [0.15, 0.2) is 27.2 Å². The van der Waals surface area contributed by atoms with Gasteiger partial charge in [-0.05, 0) is 92.6 Å². The molecule has 0 N–H and O–H groups in total. The van der Waals surface area contributed by atoms with E-state index in [2.05, 4.69) is 112 Å². The Morgan fingerprint density at radius 2 is 1.16 bits per heavy atom. The van der Waals surface area contributed by atoms with Crippen molar-refractivity contribution in [3.63, 3.8) is 0 Å². The van der Waals surface area contributed by atoms with Gasteiger partial charge in [-0.2, -0.15) is 27.9 Å². The van der Waals surface area contributed by atoms with E-state index in [1.807, 2.05) is 49.6 Å². The number of hydrogen-bond acceptors (Lipinski definition) is 9. The molecule has 0 spiro atoms. The van der Waals surface area contributed by atoms with Crippen molar-refractivity contribution in [3.8, 4) is 6.07 Å². The van der Waals surface area contributed by atoms with Gasteiger partial charge in [0.05, 0.1) is 11.4 Å². The Labute approximate surface area is 284 Å². The van der Waals surface area contributed by atoms with Gasteiger partial charge in [0, 0.05) is 68.6 Å². The molecule has 0 unspecified atom stereocenters. The summed E-state index contributed by atoms with van der Waals surface area (Å²) in [5, 5.41) is 17.3. The number of imidazole rings is 3. The van der Waals surface area contributed by atoms with Crippen LogP contribution in [-0.4, -0.2) is 43.1 Å². The quantitative estimate of drug-likeness (QED) is 0.180. The number of aromatic nitrogens is 9. The van der Waals surface area contributed by atoms with Crippen LogP contribution in [0.5, 0.6) is 0 Å². The van der Waals surface area contributed by atoms with E-state index in [9.17, 15) is 0 Å². The highest BCUT2D eigenvalue weighted by molar-refractivity contribution is 9.11. The maximum absolute atomic E-state index is 8.94. The fourth-order valence-electron chi connectivity index (χ4n) is 4.29. The maximum Gasteiger partial charge on any atom is 0.170 e. The zero-order valence-electron chi connectivity index (χ0n) is 22.5. The van der Waals surface area contributed by atoms with E-state index in [0.717, 1.165) is 48.6 Å². The molecule has 0 radical (unpaired) electrons. The Bertz CT molecular complexity index is 2200. The number of fused-ring (bicyclic) bond motifs is 3. The van der Waals surface area contributed by atoms with Gasteiger partial charge in [0.2, 0.25) is 0 Å². The molecule has 8 rings (SSSR count). The normalized spacial score (nSPS) is 10.8. The third-order valence-corrected chi connectivity index (χ3v) is 8.94. The van der Waals surface area contributed by atoms with Crippen LogP contribution in [0.3, 0.4) is 0 Å². The standard InChI is InChI=1S/C12H8N4S.C11H8BrN3S.C6H3Br2N3/c13-6-10-7-16-3-2-14-12(16)11(15-10)5-9-1-4-17-8-9;12-10-6-15-3-2-13-11(15)9(14-10)5-8-1-4-16-7-8;7-4-3-11-2-1-9-6(11)5(8)10-4/h1-4,7-8H,5H2;1-4,6-7H,5H2;1-3H. The lowest BCUT2D eigenvalue weighted by Gasteiger charge is -2.02. The van der Waals surface area contributed by atoms with Crippen molar-refractivity contribution in [2.24, 2.45) is 0 Å². The number of nitriles is 1. The molecule has 218 valence electrons. The first-order chi connectivity index (χ1) is 21.5. The van der Waals surface area contributed by atoms with E-state index >= 15 is 0 Å². The lowest BCUT2D eigenvalue weighted by Crippen LogP contribution is -2.00. The largest absolute Gasteiger partial charge is 0.303 e. The van der Waals surface area contributed by atoms with Gasteiger partial charge in [-0.25, -0.2) is 29.9 Å². The van der Waals surface area contributed by atoms with Gasteiger partial charge in [0.1, 0.15) is 15.3 Å². The minimum absolute atomic E-state index is 0.417. The van der Waals surface area contributed by atoms with E-state index in [-0.39, 0.29) is 0 Å². The Kier molecular flexibility index (Phi) is 9.53. The second-order valence-electron chi connectivity index (χ2n) is 9.14. The molecular formula is C29H19Br3N10S2. The van der Waals surface area contributed by atoms with Crippen LogP contribution in [0.15, 0.2) is 103 Å². The van der Waals surface area contributed by atoms with Crippen molar-refractivity contribution in [3.05, 3.63) is 131 Å². The minimum Gasteiger partial charge on any atom is -0.303 e. The monoisotopic (exact) mass is 808 g/mol. The average Bonchev–Trinajstić information content (AvgIpc) is 3.83. The van der Waals surface area contributed by atoms with E-state index in [1.165, 1.54) is 11.1 Å². The highest BCUT2D eigenvalue weighted by atomic mass is 79.9. The first-order valence-corrected chi connectivity index (χ1v) is 17.1. The highest BCUT2D eigenvalue weighted by Gasteiger charge is 2.09. The summed E-state index contributed by atoms with van der Waals surface area (Å²) < 4.78 is 8.09.